The van der Waals surface area contributed by atoms with Gasteiger partial charge in [-0.1, -0.05) is 19.3 Å². The molecule has 0 radical (unpaired) electrons. The molecule has 1 aliphatic carbocycles. The van der Waals surface area contributed by atoms with Crippen molar-refractivity contribution in [1.29, 1.82) is 0 Å². The van der Waals surface area contributed by atoms with Crippen LogP contribution in [0.25, 0.3) is 10.2 Å². The number of aromatic nitrogens is 1. The molecule has 0 aliphatic heterocycles. The van der Waals surface area contributed by atoms with E-state index < -0.39 is 0 Å². The number of pyridine rings is 1. The summed E-state index contributed by atoms with van der Waals surface area (Å²) in [5.74, 6) is -0.0578. The first-order valence-corrected chi connectivity index (χ1v) is 8.28. The van der Waals surface area contributed by atoms with E-state index in [1.165, 1.54) is 30.6 Å². The van der Waals surface area contributed by atoms with Crippen LogP contribution in [0, 0.1) is 6.92 Å². The Kier molecular flexibility index (Phi) is 3.61. The summed E-state index contributed by atoms with van der Waals surface area (Å²) in [5, 5.41) is 4.07. The molecule has 112 valence electrons. The molecule has 1 aliphatic rings. The van der Waals surface area contributed by atoms with Gasteiger partial charge < -0.3 is 11.1 Å². The van der Waals surface area contributed by atoms with E-state index >= 15 is 0 Å². The first kappa shape index (κ1) is 14.3. The van der Waals surface area contributed by atoms with Gasteiger partial charge in [-0.25, -0.2) is 4.98 Å². The van der Waals surface area contributed by atoms with Crippen molar-refractivity contribution >= 4 is 33.1 Å². The van der Waals surface area contributed by atoms with Crippen molar-refractivity contribution in [3.05, 3.63) is 22.7 Å². The number of carbonyl (C=O) groups is 1. The molecular formula is C16H21N3OS. The highest BCUT2D eigenvalue weighted by Gasteiger charge is 2.30. The summed E-state index contributed by atoms with van der Waals surface area (Å²) in [6, 6.07) is 3.87. The third-order valence-corrected chi connectivity index (χ3v) is 5.43. The Labute approximate surface area is 128 Å². The molecule has 21 heavy (non-hydrogen) atoms. The smallest absolute Gasteiger partial charge is 0.263 e. The van der Waals surface area contributed by atoms with Crippen molar-refractivity contribution in [2.24, 2.45) is 0 Å². The molecule has 1 fully saturated rings. The molecule has 4 nitrogen and oxygen atoms in total. The molecule has 3 rings (SSSR count). The van der Waals surface area contributed by atoms with E-state index in [2.05, 4.69) is 17.2 Å². The highest BCUT2D eigenvalue weighted by molar-refractivity contribution is 7.21. The van der Waals surface area contributed by atoms with E-state index in [-0.39, 0.29) is 11.4 Å². The van der Waals surface area contributed by atoms with Crippen LogP contribution in [0.15, 0.2) is 12.1 Å². The molecule has 0 unspecified atom stereocenters. The Hall–Kier alpha value is -1.62. The van der Waals surface area contributed by atoms with Gasteiger partial charge in [0, 0.05) is 16.6 Å². The number of nitrogen functional groups attached to an aromatic ring is 1. The minimum Gasteiger partial charge on any atom is -0.397 e. The lowest BCUT2D eigenvalue weighted by Crippen LogP contribution is -2.47. The summed E-state index contributed by atoms with van der Waals surface area (Å²) in [6.07, 6.45) is 5.71. The molecule has 0 spiro atoms. The molecule has 5 heteroatoms. The lowest BCUT2D eigenvalue weighted by Gasteiger charge is -2.34. The minimum atomic E-state index is -0.0959. The topological polar surface area (TPSA) is 68.0 Å². The number of nitrogens with two attached hydrogens (primary N) is 1. The highest BCUT2D eigenvalue weighted by Crippen LogP contribution is 2.34. The van der Waals surface area contributed by atoms with Crippen LogP contribution in [0.5, 0.6) is 0 Å². The second-order valence-corrected chi connectivity index (χ2v) is 7.22. The predicted molar refractivity (Wildman–Crippen MR) is 87.7 cm³/mol. The van der Waals surface area contributed by atoms with E-state index in [4.69, 9.17) is 5.73 Å². The van der Waals surface area contributed by atoms with Gasteiger partial charge in [0.25, 0.3) is 5.91 Å². The fraction of sp³-hybridized carbons (Fsp3) is 0.500. The lowest BCUT2D eigenvalue weighted by atomic mass is 9.83. The second kappa shape index (κ2) is 5.30. The maximum atomic E-state index is 12.6. The van der Waals surface area contributed by atoms with Gasteiger partial charge in [0.1, 0.15) is 9.71 Å². The van der Waals surface area contributed by atoms with E-state index in [1.807, 2.05) is 19.1 Å². The van der Waals surface area contributed by atoms with Crippen molar-refractivity contribution in [3.63, 3.8) is 0 Å². The average molecular weight is 303 g/mol. The maximum absolute atomic E-state index is 12.6. The quantitative estimate of drug-likeness (QED) is 0.890. The van der Waals surface area contributed by atoms with Gasteiger partial charge in [0.05, 0.1) is 5.69 Å². The first-order chi connectivity index (χ1) is 9.98. The van der Waals surface area contributed by atoms with Crippen LogP contribution in [-0.2, 0) is 0 Å². The SMILES string of the molecule is Cc1ccc2c(N)c(C(=O)NC3(C)CCCCC3)sc2n1. The standard InChI is InChI=1S/C16H21N3OS/c1-10-6-7-11-12(17)13(21-15(11)18-10)14(20)19-16(2)8-4-3-5-9-16/h6-7H,3-5,8-9,17H2,1-2H3,(H,19,20). The van der Waals surface area contributed by atoms with Gasteiger partial charge in [-0.15, -0.1) is 11.3 Å². The average Bonchev–Trinajstić information content (AvgIpc) is 2.76. The van der Waals surface area contributed by atoms with Gasteiger partial charge in [0.2, 0.25) is 0 Å². The van der Waals surface area contributed by atoms with Crippen molar-refractivity contribution in [2.45, 2.75) is 51.5 Å². The fourth-order valence-electron chi connectivity index (χ4n) is 3.05. The normalized spacial score (nSPS) is 17.8. The van der Waals surface area contributed by atoms with Gasteiger partial charge in [-0.05, 0) is 38.8 Å². The zero-order valence-electron chi connectivity index (χ0n) is 12.5. The number of aryl methyl sites for hydroxylation is 1. The molecule has 0 aromatic carbocycles. The van der Waals surface area contributed by atoms with Crippen LogP contribution in [0.2, 0.25) is 0 Å². The molecule has 2 aromatic heterocycles. The Morgan fingerprint density at radius 3 is 2.76 bits per heavy atom. The Morgan fingerprint density at radius 2 is 2.05 bits per heavy atom. The Balaban J connectivity index is 1.89. The molecule has 3 N–H and O–H groups in total. The number of amides is 1. The van der Waals surface area contributed by atoms with E-state index in [0.29, 0.717) is 10.6 Å². The number of nitrogens with one attached hydrogen (secondary N) is 1. The molecule has 0 atom stereocenters. The zero-order valence-corrected chi connectivity index (χ0v) is 13.3. The van der Waals surface area contributed by atoms with Gasteiger partial charge in [-0.2, -0.15) is 0 Å². The molecule has 0 saturated heterocycles. The van der Waals surface area contributed by atoms with Gasteiger partial charge in [-0.3, -0.25) is 4.79 Å². The number of rotatable bonds is 2. The number of hydrogen-bond acceptors (Lipinski definition) is 4. The Morgan fingerprint density at radius 1 is 1.33 bits per heavy atom. The first-order valence-electron chi connectivity index (χ1n) is 7.47. The van der Waals surface area contributed by atoms with Crippen LogP contribution >= 0.6 is 11.3 Å². The molecular weight excluding hydrogens is 282 g/mol. The van der Waals surface area contributed by atoms with E-state index in [1.54, 1.807) is 0 Å². The van der Waals surface area contributed by atoms with E-state index in [0.717, 1.165) is 28.8 Å². The van der Waals surface area contributed by atoms with Crippen LogP contribution in [0.4, 0.5) is 5.69 Å². The minimum absolute atomic E-state index is 0.0578. The largest absolute Gasteiger partial charge is 0.397 e. The van der Waals surface area contributed by atoms with Crippen molar-refractivity contribution in [1.82, 2.24) is 10.3 Å². The summed E-state index contributed by atoms with van der Waals surface area (Å²) in [7, 11) is 0. The number of anilines is 1. The van der Waals surface area contributed by atoms with Crippen molar-refractivity contribution in [3.8, 4) is 0 Å². The number of fused-ring (bicyclic) bond motifs is 1. The van der Waals surface area contributed by atoms with Crippen molar-refractivity contribution < 1.29 is 4.79 Å². The highest BCUT2D eigenvalue weighted by atomic mass is 32.1. The summed E-state index contributed by atoms with van der Waals surface area (Å²) in [4.78, 5) is 18.5. The van der Waals surface area contributed by atoms with Gasteiger partial charge >= 0.3 is 0 Å². The van der Waals surface area contributed by atoms with Gasteiger partial charge in [0.15, 0.2) is 0 Å². The number of carbonyl (C=O) groups excluding carboxylic acids is 1. The zero-order chi connectivity index (χ0) is 15.0. The number of nitrogens with zero attached hydrogens (tertiary/aromatic N) is 1. The summed E-state index contributed by atoms with van der Waals surface area (Å²) < 4.78 is 0. The third kappa shape index (κ3) is 2.75. The molecule has 2 heterocycles. The van der Waals surface area contributed by atoms with Crippen LogP contribution in [-0.4, -0.2) is 16.4 Å². The summed E-state index contributed by atoms with van der Waals surface area (Å²) in [6.45, 7) is 4.08. The Bertz CT molecular complexity index is 686. The van der Waals surface area contributed by atoms with Crippen molar-refractivity contribution in [2.75, 3.05) is 5.73 Å². The van der Waals surface area contributed by atoms with Crippen LogP contribution in [0.3, 0.4) is 0 Å². The molecule has 1 saturated carbocycles. The second-order valence-electron chi connectivity index (χ2n) is 6.23. The van der Waals surface area contributed by atoms with E-state index in [9.17, 15) is 4.79 Å². The lowest BCUT2D eigenvalue weighted by molar-refractivity contribution is 0.0888. The number of thiophene rings is 1. The monoisotopic (exact) mass is 303 g/mol. The third-order valence-electron chi connectivity index (χ3n) is 4.31. The summed E-state index contributed by atoms with van der Waals surface area (Å²) in [5.41, 5.74) is 7.55. The predicted octanol–water partition coefficient (Wildman–Crippen LogP) is 3.64. The van der Waals surface area contributed by atoms with Crippen LogP contribution in [0.1, 0.15) is 54.4 Å². The molecule has 2 aromatic rings. The summed E-state index contributed by atoms with van der Waals surface area (Å²) >= 11 is 1.39. The fourth-order valence-corrected chi connectivity index (χ4v) is 4.08. The maximum Gasteiger partial charge on any atom is 0.263 e. The van der Waals surface area contributed by atoms with Crippen LogP contribution < -0.4 is 11.1 Å². The molecule has 1 amide bonds. The number of hydrogen-bond donors (Lipinski definition) is 2. The molecule has 0 bridgehead atoms.